The minimum Gasteiger partial charge on any atom is -0.378 e. The van der Waals surface area contributed by atoms with E-state index in [2.05, 4.69) is 46.8 Å². The lowest BCUT2D eigenvalue weighted by atomic mass is 9.87. The number of carbonyl (C=O) groups is 2. The average Bonchev–Trinajstić information content (AvgIpc) is 3.71. The molecule has 4 aromatic rings. The van der Waals surface area contributed by atoms with Gasteiger partial charge in [-0.05, 0) is 59.5 Å². The molecule has 0 radical (unpaired) electrons. The molecule has 2 aliphatic rings. The number of benzene rings is 1. The molecule has 0 unspecified atom stereocenters. The van der Waals surface area contributed by atoms with E-state index in [9.17, 15) is 9.59 Å². The molecule has 12 nitrogen and oxygen atoms in total. The molecule has 2 atom stereocenters. The minimum atomic E-state index is -0.396. The average molecular weight is 627 g/mol. The molecular formula is C26H28BrN9O3S. The van der Waals surface area contributed by atoms with Gasteiger partial charge < -0.3 is 20.3 Å². The van der Waals surface area contributed by atoms with Gasteiger partial charge in [-0.3, -0.25) is 9.59 Å². The van der Waals surface area contributed by atoms with Crippen LogP contribution in [-0.2, 0) is 9.53 Å². The number of nitrogens with one attached hydrogen (secondary N) is 2. The summed E-state index contributed by atoms with van der Waals surface area (Å²) in [7, 11) is 1.68. The summed E-state index contributed by atoms with van der Waals surface area (Å²) in [5, 5.41) is 21.0. The van der Waals surface area contributed by atoms with Crippen LogP contribution in [0, 0.1) is 5.41 Å². The van der Waals surface area contributed by atoms with E-state index < -0.39 is 5.41 Å². The summed E-state index contributed by atoms with van der Waals surface area (Å²) in [5.41, 5.74) is 1.92. The Hall–Kier alpha value is -3.49. The second-order valence-corrected chi connectivity index (χ2v) is 11.9. The van der Waals surface area contributed by atoms with Crippen LogP contribution in [0.15, 0.2) is 35.1 Å². The van der Waals surface area contributed by atoms with Crippen molar-refractivity contribution in [2.75, 3.05) is 38.7 Å². The quantitative estimate of drug-likeness (QED) is 0.330. The highest BCUT2D eigenvalue weighted by atomic mass is 79.9. The van der Waals surface area contributed by atoms with Crippen molar-refractivity contribution in [1.82, 2.24) is 40.2 Å². The Labute approximate surface area is 242 Å². The monoisotopic (exact) mass is 625 g/mol. The summed E-state index contributed by atoms with van der Waals surface area (Å²) in [6.07, 6.45) is 4.12. The second-order valence-electron chi connectivity index (χ2n) is 10.2. The highest BCUT2D eigenvalue weighted by molar-refractivity contribution is 9.10. The predicted molar refractivity (Wildman–Crippen MR) is 153 cm³/mol. The van der Waals surface area contributed by atoms with Gasteiger partial charge in [-0.25, -0.2) is 9.67 Å². The molecule has 0 bridgehead atoms. The normalized spacial score (nSPS) is 21.1. The number of anilines is 1. The zero-order valence-corrected chi connectivity index (χ0v) is 24.5. The molecule has 14 heteroatoms. The third-order valence-corrected chi connectivity index (χ3v) is 9.04. The third-order valence-electron chi connectivity index (χ3n) is 7.49. The Morgan fingerprint density at radius 2 is 1.95 bits per heavy atom. The number of ether oxygens (including phenoxy) is 1. The van der Waals surface area contributed by atoms with Crippen molar-refractivity contribution in [3.63, 3.8) is 0 Å². The van der Waals surface area contributed by atoms with Gasteiger partial charge in [0.05, 0.1) is 24.3 Å². The van der Waals surface area contributed by atoms with Gasteiger partial charge >= 0.3 is 0 Å². The van der Waals surface area contributed by atoms with E-state index >= 15 is 0 Å². The Morgan fingerprint density at radius 1 is 1.18 bits per heavy atom. The van der Waals surface area contributed by atoms with Gasteiger partial charge in [-0.1, -0.05) is 18.3 Å². The molecule has 1 saturated heterocycles. The Morgan fingerprint density at radius 3 is 2.70 bits per heavy atom. The first-order chi connectivity index (χ1) is 19.3. The van der Waals surface area contributed by atoms with Gasteiger partial charge in [0.15, 0.2) is 5.65 Å². The van der Waals surface area contributed by atoms with Crippen molar-refractivity contribution in [3.05, 3.63) is 40.1 Å². The lowest BCUT2D eigenvalue weighted by Crippen LogP contribution is -2.40. The van der Waals surface area contributed by atoms with E-state index in [0.29, 0.717) is 58.9 Å². The minimum absolute atomic E-state index is 0.0621. The third kappa shape index (κ3) is 5.06. The number of hydrogen-bond acceptors (Lipinski definition) is 10. The summed E-state index contributed by atoms with van der Waals surface area (Å²) >= 11 is 4.81. The molecule has 2 amide bonds. The van der Waals surface area contributed by atoms with E-state index in [1.807, 2.05) is 31.2 Å². The van der Waals surface area contributed by atoms with Crippen molar-refractivity contribution in [2.24, 2.45) is 5.41 Å². The van der Waals surface area contributed by atoms with Crippen LogP contribution in [-0.4, -0.2) is 86.1 Å². The van der Waals surface area contributed by atoms with Crippen molar-refractivity contribution in [1.29, 1.82) is 0 Å². The summed E-state index contributed by atoms with van der Waals surface area (Å²) < 4.78 is 7.73. The Balaban J connectivity index is 1.21. The van der Waals surface area contributed by atoms with Crippen molar-refractivity contribution in [3.8, 4) is 16.3 Å². The van der Waals surface area contributed by atoms with Crippen LogP contribution in [0.5, 0.6) is 0 Å². The largest absolute Gasteiger partial charge is 0.378 e. The molecule has 1 aromatic carbocycles. The van der Waals surface area contributed by atoms with Crippen LogP contribution < -0.4 is 10.6 Å². The van der Waals surface area contributed by atoms with Crippen LogP contribution >= 0.6 is 27.3 Å². The highest BCUT2D eigenvalue weighted by Gasteiger charge is 2.41. The van der Waals surface area contributed by atoms with Crippen LogP contribution in [0.25, 0.3) is 27.3 Å². The van der Waals surface area contributed by atoms with E-state index in [-0.39, 0.29) is 17.9 Å². The zero-order valence-electron chi connectivity index (χ0n) is 22.1. The van der Waals surface area contributed by atoms with Crippen molar-refractivity contribution < 1.29 is 14.3 Å². The van der Waals surface area contributed by atoms with Gasteiger partial charge in [0, 0.05) is 43.4 Å². The zero-order chi connectivity index (χ0) is 27.9. The summed E-state index contributed by atoms with van der Waals surface area (Å²) in [5.74, 6) is 0.443. The number of aromatic nitrogens is 6. The van der Waals surface area contributed by atoms with Crippen LogP contribution in [0.1, 0.15) is 36.0 Å². The van der Waals surface area contributed by atoms with Crippen LogP contribution in [0.2, 0.25) is 0 Å². The number of carbonyl (C=O) groups excluding carboxylic acids is 2. The molecule has 2 N–H and O–H groups in total. The van der Waals surface area contributed by atoms with Crippen LogP contribution in [0.3, 0.4) is 0 Å². The van der Waals surface area contributed by atoms with Gasteiger partial charge in [0.2, 0.25) is 16.9 Å². The molecule has 40 heavy (non-hydrogen) atoms. The maximum absolute atomic E-state index is 12.7. The number of morpholine rings is 1. The lowest BCUT2D eigenvalue weighted by molar-refractivity contribution is -0.129. The summed E-state index contributed by atoms with van der Waals surface area (Å²) in [6.45, 7) is 4.20. The Kier molecular flexibility index (Phi) is 7.23. The standard InChI is InChI=1S/C26H28BrN9O3S/c1-26(24(38)28-2)8-7-16(13-26)30-25-29-14-18-19(27)34-36(20(18)31-25)17-5-3-15(4-6-17)21-32-33-22(40-21)23(37)35-9-11-39-12-10-35/h3-6,14,16H,7-13H2,1-2H3,(H,28,38)(H,29,30,31)/t16-,26-/m1/s1. The molecule has 3 aromatic heterocycles. The smallest absolute Gasteiger partial charge is 0.285 e. The topological polar surface area (TPSA) is 140 Å². The molecule has 6 rings (SSSR count). The summed E-state index contributed by atoms with van der Waals surface area (Å²) in [4.78, 5) is 36.1. The number of nitrogens with zero attached hydrogens (tertiary/aromatic N) is 7. The molecule has 208 valence electrons. The molecule has 0 spiro atoms. The molecule has 4 heterocycles. The number of amides is 2. The van der Waals surface area contributed by atoms with E-state index in [1.54, 1.807) is 22.8 Å². The van der Waals surface area contributed by atoms with Crippen LogP contribution in [0.4, 0.5) is 5.95 Å². The van der Waals surface area contributed by atoms with Gasteiger partial charge in [-0.15, -0.1) is 10.2 Å². The van der Waals surface area contributed by atoms with Crippen molar-refractivity contribution in [2.45, 2.75) is 32.2 Å². The molecule has 2 fully saturated rings. The molecule has 1 aliphatic heterocycles. The van der Waals surface area contributed by atoms with E-state index in [0.717, 1.165) is 29.5 Å². The molecule has 1 aliphatic carbocycles. The van der Waals surface area contributed by atoms with Gasteiger partial charge in [-0.2, -0.15) is 10.1 Å². The number of hydrogen-bond donors (Lipinski definition) is 2. The highest BCUT2D eigenvalue weighted by Crippen LogP contribution is 2.39. The Bertz CT molecular complexity index is 1570. The second kappa shape index (κ2) is 10.8. The van der Waals surface area contributed by atoms with Gasteiger partial charge in [0.1, 0.15) is 9.61 Å². The maximum Gasteiger partial charge on any atom is 0.285 e. The number of fused-ring (bicyclic) bond motifs is 1. The number of rotatable bonds is 6. The van der Waals surface area contributed by atoms with E-state index in [4.69, 9.17) is 9.72 Å². The maximum atomic E-state index is 12.7. The van der Waals surface area contributed by atoms with E-state index in [1.165, 1.54) is 11.3 Å². The first-order valence-electron chi connectivity index (χ1n) is 13.1. The summed E-state index contributed by atoms with van der Waals surface area (Å²) in [6, 6.07) is 7.82. The van der Waals surface area contributed by atoms with Gasteiger partial charge in [0.25, 0.3) is 5.91 Å². The fourth-order valence-electron chi connectivity index (χ4n) is 5.25. The van der Waals surface area contributed by atoms with Crippen molar-refractivity contribution >= 4 is 56.1 Å². The molecular weight excluding hydrogens is 598 g/mol. The SMILES string of the molecule is CNC(=O)[C@]1(C)CC[C@@H](Nc2ncc3c(Br)nn(-c4ccc(-c5nnc(C(=O)N6CCOCC6)s5)cc4)c3n2)C1. The first kappa shape index (κ1) is 26.7. The molecule has 1 saturated carbocycles. The fourth-order valence-corrected chi connectivity index (χ4v) is 6.50. The fraction of sp³-hybridized carbons (Fsp3) is 0.423. The predicted octanol–water partition coefficient (Wildman–Crippen LogP) is 3.29. The lowest BCUT2D eigenvalue weighted by Gasteiger charge is -2.25. The first-order valence-corrected chi connectivity index (χ1v) is 14.7. The number of halogens is 1.